The fourth-order valence-electron chi connectivity index (χ4n) is 4.48. The summed E-state index contributed by atoms with van der Waals surface area (Å²) in [6.45, 7) is 5.96. The molecule has 6 nitrogen and oxygen atoms in total. The molecule has 3 atom stereocenters. The van der Waals surface area contributed by atoms with E-state index in [9.17, 15) is 9.90 Å². The molecule has 0 radical (unpaired) electrons. The summed E-state index contributed by atoms with van der Waals surface area (Å²) < 4.78 is 5.17. The molecule has 1 saturated heterocycles. The lowest BCUT2D eigenvalue weighted by atomic mass is 9.86. The number of rotatable bonds is 5. The smallest absolute Gasteiger partial charge is 0.222 e. The molecule has 3 rings (SSSR count). The Balaban J connectivity index is 1.59. The van der Waals surface area contributed by atoms with E-state index < -0.39 is 6.10 Å². The molecule has 1 aromatic heterocycles. The first-order valence-electron chi connectivity index (χ1n) is 9.58. The van der Waals surface area contributed by atoms with Gasteiger partial charge in [-0.05, 0) is 65.5 Å². The van der Waals surface area contributed by atoms with Crippen LogP contribution in [0, 0.1) is 13.8 Å². The van der Waals surface area contributed by atoms with Crippen molar-refractivity contribution in [3.05, 3.63) is 17.0 Å². The minimum atomic E-state index is -0.445. The van der Waals surface area contributed by atoms with Gasteiger partial charge in [0.15, 0.2) is 0 Å². The molecule has 1 amide bonds. The van der Waals surface area contributed by atoms with E-state index in [1.165, 1.54) is 12.8 Å². The van der Waals surface area contributed by atoms with Gasteiger partial charge in [-0.15, -0.1) is 0 Å². The van der Waals surface area contributed by atoms with Crippen molar-refractivity contribution in [3.8, 4) is 0 Å². The number of aryl methyl sites for hydroxylation is 2. The number of hydrogen-bond acceptors (Lipinski definition) is 5. The van der Waals surface area contributed by atoms with Gasteiger partial charge in [0.25, 0.3) is 0 Å². The van der Waals surface area contributed by atoms with Crippen LogP contribution in [0.2, 0.25) is 0 Å². The molecule has 140 valence electrons. The first-order chi connectivity index (χ1) is 12.0. The van der Waals surface area contributed by atoms with Crippen molar-refractivity contribution < 1.29 is 14.4 Å². The minimum Gasteiger partial charge on any atom is -0.389 e. The van der Waals surface area contributed by atoms with E-state index in [0.29, 0.717) is 12.8 Å². The molecule has 2 fully saturated rings. The van der Waals surface area contributed by atoms with Crippen LogP contribution in [-0.4, -0.2) is 64.3 Å². The van der Waals surface area contributed by atoms with Crippen LogP contribution in [0.15, 0.2) is 4.52 Å². The van der Waals surface area contributed by atoms with Crippen LogP contribution in [-0.2, 0) is 11.2 Å². The summed E-state index contributed by atoms with van der Waals surface area (Å²) in [5.41, 5.74) is 1.89. The molecule has 1 aromatic rings. The Hall–Kier alpha value is -1.40. The third kappa shape index (κ3) is 3.90. The predicted octanol–water partition coefficient (Wildman–Crippen LogP) is 2.06. The first kappa shape index (κ1) is 18.4. The SMILES string of the molecule is Cc1noc(C)c1CCC(=O)N(C)[C@@H]1CCC[C@@H](N2CCCC2)[C@@H]1O. The Kier molecular flexibility index (Phi) is 5.79. The number of carbonyl (C=O) groups is 1. The van der Waals surface area contributed by atoms with Crippen LogP contribution in [0.5, 0.6) is 0 Å². The molecule has 0 spiro atoms. The fraction of sp³-hybridized carbons (Fsp3) is 0.789. The summed E-state index contributed by atoms with van der Waals surface area (Å²) >= 11 is 0. The average Bonchev–Trinajstić information content (AvgIpc) is 3.23. The van der Waals surface area contributed by atoms with Gasteiger partial charge in [-0.2, -0.15) is 0 Å². The third-order valence-corrected chi connectivity index (χ3v) is 6.06. The van der Waals surface area contributed by atoms with E-state index in [1.807, 2.05) is 20.9 Å². The lowest BCUT2D eigenvalue weighted by Crippen LogP contribution is -2.56. The number of likely N-dealkylation sites (N-methyl/N-ethyl adjacent to an activating group) is 1. The van der Waals surface area contributed by atoms with Crippen molar-refractivity contribution in [2.45, 2.75) is 77.0 Å². The molecular formula is C19H31N3O3. The van der Waals surface area contributed by atoms with Crippen molar-refractivity contribution in [2.24, 2.45) is 0 Å². The molecule has 2 heterocycles. The Morgan fingerprint density at radius 1 is 1.28 bits per heavy atom. The molecule has 0 unspecified atom stereocenters. The van der Waals surface area contributed by atoms with Gasteiger partial charge < -0.3 is 14.5 Å². The lowest BCUT2D eigenvalue weighted by molar-refractivity contribution is -0.137. The maximum Gasteiger partial charge on any atom is 0.222 e. The van der Waals surface area contributed by atoms with Gasteiger partial charge in [0, 0.05) is 25.1 Å². The summed E-state index contributed by atoms with van der Waals surface area (Å²) in [6.07, 6.45) is 6.07. The average molecular weight is 349 g/mol. The fourth-order valence-corrected chi connectivity index (χ4v) is 4.48. The van der Waals surface area contributed by atoms with Crippen molar-refractivity contribution in [3.63, 3.8) is 0 Å². The zero-order valence-electron chi connectivity index (χ0n) is 15.7. The number of aliphatic hydroxyl groups is 1. The van der Waals surface area contributed by atoms with Crippen LogP contribution < -0.4 is 0 Å². The molecule has 6 heteroatoms. The van der Waals surface area contributed by atoms with Gasteiger partial charge in [-0.3, -0.25) is 9.69 Å². The molecule has 1 saturated carbocycles. The number of aliphatic hydroxyl groups excluding tert-OH is 1. The highest BCUT2D eigenvalue weighted by atomic mass is 16.5. The van der Waals surface area contributed by atoms with Gasteiger partial charge in [-0.1, -0.05) is 5.16 Å². The second kappa shape index (κ2) is 7.87. The molecule has 1 aliphatic heterocycles. The number of amides is 1. The molecule has 25 heavy (non-hydrogen) atoms. The van der Waals surface area contributed by atoms with E-state index in [2.05, 4.69) is 10.1 Å². The summed E-state index contributed by atoms with van der Waals surface area (Å²) in [7, 11) is 1.84. The summed E-state index contributed by atoms with van der Waals surface area (Å²) in [4.78, 5) is 16.9. The number of aromatic nitrogens is 1. The zero-order chi connectivity index (χ0) is 18.0. The van der Waals surface area contributed by atoms with Crippen molar-refractivity contribution >= 4 is 5.91 Å². The van der Waals surface area contributed by atoms with Crippen LogP contribution in [0.4, 0.5) is 0 Å². The lowest BCUT2D eigenvalue weighted by Gasteiger charge is -2.43. The highest BCUT2D eigenvalue weighted by Crippen LogP contribution is 2.29. The highest BCUT2D eigenvalue weighted by Gasteiger charge is 2.39. The summed E-state index contributed by atoms with van der Waals surface area (Å²) in [5, 5.41) is 14.8. The maximum absolute atomic E-state index is 12.7. The minimum absolute atomic E-state index is 0.0727. The summed E-state index contributed by atoms with van der Waals surface area (Å²) in [5.74, 6) is 0.880. The standard InChI is InChI=1S/C19H31N3O3/c1-13-15(14(2)25-20-13)9-10-18(23)21(3)16-7-6-8-17(19(16)24)22-11-4-5-12-22/h16-17,19,24H,4-12H2,1-3H3/t16-,17-,19-/m1/s1. The van der Waals surface area contributed by atoms with Gasteiger partial charge >= 0.3 is 0 Å². The Bertz CT molecular complexity index is 575. The van der Waals surface area contributed by atoms with E-state index in [-0.39, 0.29) is 18.0 Å². The number of hydrogen-bond donors (Lipinski definition) is 1. The Morgan fingerprint density at radius 2 is 2.00 bits per heavy atom. The molecule has 2 aliphatic rings. The first-order valence-corrected chi connectivity index (χ1v) is 9.58. The van der Waals surface area contributed by atoms with Crippen molar-refractivity contribution in [2.75, 3.05) is 20.1 Å². The molecular weight excluding hydrogens is 318 g/mol. The predicted molar refractivity (Wildman–Crippen MR) is 95.3 cm³/mol. The van der Waals surface area contributed by atoms with E-state index in [4.69, 9.17) is 4.52 Å². The van der Waals surface area contributed by atoms with Crippen molar-refractivity contribution in [1.82, 2.24) is 15.0 Å². The largest absolute Gasteiger partial charge is 0.389 e. The topological polar surface area (TPSA) is 69.8 Å². The van der Waals surface area contributed by atoms with Gasteiger partial charge in [0.1, 0.15) is 5.76 Å². The maximum atomic E-state index is 12.7. The summed E-state index contributed by atoms with van der Waals surface area (Å²) in [6, 6.07) is 0.135. The van der Waals surface area contributed by atoms with E-state index >= 15 is 0 Å². The van der Waals surface area contributed by atoms with E-state index in [0.717, 1.165) is 49.4 Å². The third-order valence-electron chi connectivity index (χ3n) is 6.06. The second-order valence-electron chi connectivity index (χ2n) is 7.61. The van der Waals surface area contributed by atoms with E-state index in [1.54, 1.807) is 4.90 Å². The Labute approximate surface area is 150 Å². The monoisotopic (exact) mass is 349 g/mol. The Morgan fingerprint density at radius 3 is 2.64 bits per heavy atom. The molecule has 0 bridgehead atoms. The highest BCUT2D eigenvalue weighted by molar-refractivity contribution is 5.76. The van der Waals surface area contributed by atoms with Gasteiger partial charge in [0.2, 0.25) is 5.91 Å². The normalized spacial score (nSPS) is 27.6. The van der Waals surface area contributed by atoms with Crippen LogP contribution >= 0.6 is 0 Å². The zero-order valence-corrected chi connectivity index (χ0v) is 15.7. The molecule has 0 aromatic carbocycles. The molecule has 1 N–H and O–H groups in total. The van der Waals surface area contributed by atoms with Crippen LogP contribution in [0.3, 0.4) is 0 Å². The number of carbonyl (C=O) groups excluding carboxylic acids is 1. The van der Waals surface area contributed by atoms with Crippen LogP contribution in [0.1, 0.15) is 55.5 Å². The van der Waals surface area contributed by atoms with Gasteiger partial charge in [-0.25, -0.2) is 0 Å². The number of nitrogens with zero attached hydrogens (tertiary/aromatic N) is 3. The van der Waals surface area contributed by atoms with Crippen molar-refractivity contribution in [1.29, 1.82) is 0 Å². The number of likely N-dealkylation sites (tertiary alicyclic amines) is 1. The van der Waals surface area contributed by atoms with Crippen LogP contribution in [0.25, 0.3) is 0 Å². The second-order valence-corrected chi connectivity index (χ2v) is 7.61. The quantitative estimate of drug-likeness (QED) is 0.881. The molecule has 1 aliphatic carbocycles. The van der Waals surface area contributed by atoms with Gasteiger partial charge in [0.05, 0.1) is 17.8 Å².